The minimum absolute atomic E-state index is 0.267. The summed E-state index contributed by atoms with van der Waals surface area (Å²) in [6, 6.07) is 6.50. The van der Waals surface area contributed by atoms with Crippen molar-refractivity contribution in [1.82, 2.24) is 4.98 Å². The predicted molar refractivity (Wildman–Crippen MR) is 57.6 cm³/mol. The first-order valence-electron chi connectivity index (χ1n) is 4.02. The average molecular weight is 206 g/mol. The van der Waals surface area contributed by atoms with E-state index in [-0.39, 0.29) is 10.8 Å². The van der Waals surface area contributed by atoms with Crippen molar-refractivity contribution < 1.29 is 4.39 Å². The van der Waals surface area contributed by atoms with Crippen molar-refractivity contribution in [1.29, 1.82) is 0 Å². The second-order valence-corrected chi connectivity index (χ2v) is 3.34. The Morgan fingerprint density at radius 2 is 2.21 bits per heavy atom. The number of pyridine rings is 1. The Bertz CT molecular complexity index is 510. The van der Waals surface area contributed by atoms with Gasteiger partial charge in [-0.2, -0.15) is 0 Å². The van der Waals surface area contributed by atoms with Gasteiger partial charge in [-0.15, -0.1) is 0 Å². The van der Waals surface area contributed by atoms with E-state index in [9.17, 15) is 4.39 Å². The van der Waals surface area contributed by atoms with Gasteiger partial charge in [-0.05, 0) is 12.1 Å². The van der Waals surface area contributed by atoms with Crippen molar-refractivity contribution in [2.45, 2.75) is 0 Å². The predicted octanol–water partition coefficient (Wildman–Crippen LogP) is 2.01. The Kier molecular flexibility index (Phi) is 2.13. The van der Waals surface area contributed by atoms with Gasteiger partial charge < -0.3 is 5.73 Å². The third-order valence-electron chi connectivity index (χ3n) is 1.95. The molecule has 2 N–H and O–H groups in total. The molecular weight excluding hydrogens is 199 g/mol. The standard InChI is InChI=1S/C10H7FN2S/c11-8-3-1-2-6-4-7(10(12)14)5-13-9(6)8/h1-5H,(H2,12,14). The molecule has 0 bridgehead atoms. The van der Waals surface area contributed by atoms with Crippen LogP contribution in [0, 0.1) is 5.82 Å². The molecule has 2 aromatic rings. The highest BCUT2D eigenvalue weighted by Gasteiger charge is 2.03. The number of benzene rings is 1. The number of nitrogens with zero attached hydrogens (tertiary/aromatic N) is 1. The minimum atomic E-state index is -0.336. The molecule has 0 atom stereocenters. The van der Waals surface area contributed by atoms with Gasteiger partial charge in [0.2, 0.25) is 0 Å². The largest absolute Gasteiger partial charge is 0.389 e. The Labute approximate surface area is 85.6 Å². The van der Waals surface area contributed by atoms with Crippen LogP contribution in [-0.4, -0.2) is 9.97 Å². The molecule has 0 aliphatic rings. The fraction of sp³-hybridized carbons (Fsp3) is 0. The number of fused-ring (bicyclic) bond motifs is 1. The van der Waals surface area contributed by atoms with E-state index >= 15 is 0 Å². The Morgan fingerprint density at radius 1 is 1.43 bits per heavy atom. The Morgan fingerprint density at radius 3 is 2.93 bits per heavy atom. The maximum atomic E-state index is 13.2. The van der Waals surface area contributed by atoms with E-state index in [1.807, 2.05) is 0 Å². The molecule has 0 aliphatic heterocycles. The third kappa shape index (κ3) is 1.44. The number of aromatic nitrogens is 1. The number of halogens is 1. The zero-order chi connectivity index (χ0) is 10.1. The van der Waals surface area contributed by atoms with Crippen molar-refractivity contribution >= 4 is 28.1 Å². The fourth-order valence-electron chi connectivity index (χ4n) is 1.26. The highest BCUT2D eigenvalue weighted by atomic mass is 32.1. The van der Waals surface area contributed by atoms with E-state index in [0.29, 0.717) is 16.5 Å². The lowest BCUT2D eigenvalue weighted by molar-refractivity contribution is 0.637. The van der Waals surface area contributed by atoms with Crippen LogP contribution in [0.4, 0.5) is 4.39 Å². The van der Waals surface area contributed by atoms with E-state index in [2.05, 4.69) is 4.98 Å². The van der Waals surface area contributed by atoms with Crippen LogP contribution in [0.15, 0.2) is 30.5 Å². The van der Waals surface area contributed by atoms with Crippen LogP contribution < -0.4 is 5.73 Å². The summed E-state index contributed by atoms with van der Waals surface area (Å²) in [7, 11) is 0. The van der Waals surface area contributed by atoms with Crippen molar-refractivity contribution in [2.24, 2.45) is 5.73 Å². The monoisotopic (exact) mass is 206 g/mol. The number of thiocarbonyl (C=S) groups is 1. The van der Waals surface area contributed by atoms with Gasteiger partial charge in [-0.25, -0.2) is 4.39 Å². The Hall–Kier alpha value is -1.55. The van der Waals surface area contributed by atoms with Gasteiger partial charge in [0.15, 0.2) is 0 Å². The zero-order valence-corrected chi connectivity index (χ0v) is 8.01. The second-order valence-electron chi connectivity index (χ2n) is 2.90. The molecule has 1 heterocycles. The third-order valence-corrected chi connectivity index (χ3v) is 2.18. The van der Waals surface area contributed by atoms with E-state index in [4.69, 9.17) is 18.0 Å². The smallest absolute Gasteiger partial charge is 0.149 e. The molecular formula is C10H7FN2S. The summed E-state index contributed by atoms with van der Waals surface area (Å²) >= 11 is 4.80. The molecule has 1 aromatic carbocycles. The topological polar surface area (TPSA) is 38.9 Å². The molecule has 4 heteroatoms. The van der Waals surface area contributed by atoms with Crippen molar-refractivity contribution in [3.05, 3.63) is 41.8 Å². The quantitative estimate of drug-likeness (QED) is 0.725. The molecule has 0 fully saturated rings. The average Bonchev–Trinajstić information content (AvgIpc) is 2.17. The highest BCUT2D eigenvalue weighted by Crippen LogP contribution is 2.16. The van der Waals surface area contributed by atoms with E-state index in [1.165, 1.54) is 12.3 Å². The summed E-state index contributed by atoms with van der Waals surface area (Å²) in [5.41, 5.74) is 6.43. The van der Waals surface area contributed by atoms with Crippen LogP contribution in [0.2, 0.25) is 0 Å². The van der Waals surface area contributed by atoms with Gasteiger partial charge in [0, 0.05) is 17.1 Å². The molecule has 0 spiro atoms. The SMILES string of the molecule is NC(=S)c1cnc2c(F)cccc2c1. The van der Waals surface area contributed by atoms with Crippen molar-refractivity contribution in [3.63, 3.8) is 0 Å². The minimum Gasteiger partial charge on any atom is -0.389 e. The molecule has 70 valence electrons. The summed E-state index contributed by atoms with van der Waals surface area (Å²) < 4.78 is 13.2. The van der Waals surface area contributed by atoms with E-state index in [1.54, 1.807) is 18.2 Å². The summed E-state index contributed by atoms with van der Waals surface area (Å²) in [4.78, 5) is 4.23. The Balaban J connectivity index is 2.73. The zero-order valence-electron chi connectivity index (χ0n) is 7.20. The van der Waals surface area contributed by atoms with Gasteiger partial charge in [0.1, 0.15) is 16.3 Å². The van der Waals surface area contributed by atoms with Gasteiger partial charge in [0.05, 0.1) is 0 Å². The van der Waals surface area contributed by atoms with Crippen molar-refractivity contribution in [2.75, 3.05) is 0 Å². The summed E-state index contributed by atoms with van der Waals surface area (Å²) in [6.07, 6.45) is 1.48. The first-order chi connectivity index (χ1) is 6.68. The van der Waals surface area contributed by atoms with E-state index in [0.717, 1.165) is 0 Å². The molecule has 0 radical (unpaired) electrons. The normalized spacial score (nSPS) is 10.4. The van der Waals surface area contributed by atoms with Gasteiger partial charge >= 0.3 is 0 Å². The molecule has 0 aliphatic carbocycles. The van der Waals surface area contributed by atoms with Gasteiger partial charge in [-0.1, -0.05) is 24.4 Å². The number of hydrogen-bond acceptors (Lipinski definition) is 2. The van der Waals surface area contributed by atoms with Crippen molar-refractivity contribution in [3.8, 4) is 0 Å². The van der Waals surface area contributed by atoms with Crippen LogP contribution in [0.5, 0.6) is 0 Å². The molecule has 0 unspecified atom stereocenters. The number of hydrogen-bond donors (Lipinski definition) is 1. The fourth-order valence-corrected chi connectivity index (χ4v) is 1.37. The second kappa shape index (κ2) is 3.31. The summed E-state index contributed by atoms with van der Waals surface area (Å²) in [6.45, 7) is 0. The lowest BCUT2D eigenvalue weighted by Gasteiger charge is -2.01. The lowest BCUT2D eigenvalue weighted by atomic mass is 10.1. The van der Waals surface area contributed by atoms with E-state index < -0.39 is 0 Å². The molecule has 2 rings (SSSR count). The molecule has 14 heavy (non-hydrogen) atoms. The van der Waals surface area contributed by atoms with Gasteiger partial charge in [-0.3, -0.25) is 4.98 Å². The maximum absolute atomic E-state index is 13.2. The maximum Gasteiger partial charge on any atom is 0.149 e. The van der Waals surface area contributed by atoms with Crippen LogP contribution in [0.3, 0.4) is 0 Å². The van der Waals surface area contributed by atoms with Crippen LogP contribution in [-0.2, 0) is 0 Å². The van der Waals surface area contributed by atoms with Crippen LogP contribution in [0.25, 0.3) is 10.9 Å². The molecule has 0 saturated heterocycles. The van der Waals surface area contributed by atoms with Gasteiger partial charge in [0.25, 0.3) is 0 Å². The summed E-state index contributed by atoms with van der Waals surface area (Å²) in [5.74, 6) is -0.336. The molecule has 2 nitrogen and oxygen atoms in total. The van der Waals surface area contributed by atoms with Crippen LogP contribution >= 0.6 is 12.2 Å². The summed E-state index contributed by atoms with van der Waals surface area (Å²) in [5, 5.41) is 0.704. The molecule has 0 amide bonds. The number of nitrogens with two attached hydrogens (primary N) is 1. The lowest BCUT2D eigenvalue weighted by Crippen LogP contribution is -2.09. The molecule has 0 saturated carbocycles. The first kappa shape index (κ1) is 9.02. The molecule has 1 aromatic heterocycles. The number of rotatable bonds is 1. The van der Waals surface area contributed by atoms with Crippen LogP contribution in [0.1, 0.15) is 5.56 Å². The number of para-hydroxylation sites is 1. The highest BCUT2D eigenvalue weighted by molar-refractivity contribution is 7.80. The first-order valence-corrected chi connectivity index (χ1v) is 4.43.